The van der Waals surface area contributed by atoms with Crippen molar-refractivity contribution in [3.63, 3.8) is 0 Å². The van der Waals surface area contributed by atoms with E-state index in [0.717, 1.165) is 0 Å². The highest BCUT2D eigenvalue weighted by molar-refractivity contribution is 7.99. The van der Waals surface area contributed by atoms with Gasteiger partial charge in [-0.1, -0.05) is 12.2 Å². The first-order chi connectivity index (χ1) is 5.93. The second kappa shape index (κ2) is 6.04. The van der Waals surface area contributed by atoms with Crippen LogP contribution in [0.15, 0.2) is 17.1 Å². The van der Waals surface area contributed by atoms with Crippen molar-refractivity contribution in [2.75, 3.05) is 18.1 Å². The Morgan fingerprint density at radius 1 is 1.67 bits per heavy atom. The largest absolute Gasteiger partial charge is 0.235 e. The van der Waals surface area contributed by atoms with Gasteiger partial charge < -0.3 is 0 Å². The van der Waals surface area contributed by atoms with E-state index in [0.29, 0.717) is 12.5 Å². The van der Waals surface area contributed by atoms with Gasteiger partial charge >= 0.3 is 0 Å². The molecule has 0 bridgehead atoms. The summed E-state index contributed by atoms with van der Waals surface area (Å²) in [5.41, 5.74) is 0. The van der Waals surface area contributed by atoms with Crippen molar-refractivity contribution in [1.29, 1.82) is 0 Å². The van der Waals surface area contributed by atoms with Crippen molar-refractivity contribution in [3.05, 3.63) is 12.2 Å². The molecule has 0 amide bonds. The molecule has 1 atom stereocenters. The number of thioether (sulfide) groups is 1. The molecule has 0 saturated carbocycles. The van der Waals surface area contributed by atoms with E-state index in [4.69, 9.17) is 0 Å². The number of isocyanates is 1. The molecule has 0 aromatic heterocycles. The molecular weight excluding hydrogens is 170 g/mol. The fourth-order valence-corrected chi connectivity index (χ4v) is 2.38. The third-order valence-corrected chi connectivity index (χ3v) is 3.11. The van der Waals surface area contributed by atoms with E-state index in [1.165, 1.54) is 30.4 Å². The van der Waals surface area contributed by atoms with E-state index in [9.17, 15) is 4.79 Å². The summed E-state index contributed by atoms with van der Waals surface area (Å²) in [7, 11) is 0. The summed E-state index contributed by atoms with van der Waals surface area (Å²) in [6, 6.07) is 0. The van der Waals surface area contributed by atoms with Crippen molar-refractivity contribution in [2.24, 2.45) is 10.9 Å². The number of nitrogens with zero attached hydrogens (tertiary/aromatic N) is 1. The van der Waals surface area contributed by atoms with Crippen LogP contribution in [0.4, 0.5) is 0 Å². The number of hydrogen-bond donors (Lipinski definition) is 0. The predicted molar refractivity (Wildman–Crippen MR) is 52.2 cm³/mol. The quantitative estimate of drug-likeness (QED) is 0.380. The normalized spacial score (nSPS) is 23.8. The molecule has 0 radical (unpaired) electrons. The summed E-state index contributed by atoms with van der Waals surface area (Å²) in [5.74, 6) is 3.23. The Labute approximate surface area is 77.1 Å². The summed E-state index contributed by atoms with van der Waals surface area (Å²) in [6.45, 7) is 0.491. The molecule has 1 aliphatic rings. The number of aliphatic imine (C=N–C) groups is 1. The van der Waals surface area contributed by atoms with Gasteiger partial charge in [0.1, 0.15) is 0 Å². The second-order valence-electron chi connectivity index (χ2n) is 2.84. The van der Waals surface area contributed by atoms with Crippen LogP contribution in [-0.2, 0) is 4.79 Å². The fourth-order valence-electron chi connectivity index (χ4n) is 1.26. The maximum Gasteiger partial charge on any atom is 0.235 e. The summed E-state index contributed by atoms with van der Waals surface area (Å²) in [6.07, 6.45) is 8.26. The molecule has 1 fully saturated rings. The zero-order valence-corrected chi connectivity index (χ0v) is 7.85. The van der Waals surface area contributed by atoms with E-state index < -0.39 is 0 Å². The maximum absolute atomic E-state index is 9.73. The first kappa shape index (κ1) is 9.56. The molecule has 0 aromatic rings. The van der Waals surface area contributed by atoms with Crippen LogP contribution in [0.2, 0.25) is 0 Å². The molecule has 1 heterocycles. The molecular formula is C9H13NOS. The number of carbonyl (C=O) groups excluding carboxylic acids is 1. The van der Waals surface area contributed by atoms with Gasteiger partial charge in [-0.3, -0.25) is 0 Å². The van der Waals surface area contributed by atoms with Gasteiger partial charge in [0.25, 0.3) is 0 Å². The summed E-state index contributed by atoms with van der Waals surface area (Å²) >= 11 is 2.01. The smallest absolute Gasteiger partial charge is 0.211 e. The van der Waals surface area contributed by atoms with Crippen LogP contribution in [0.1, 0.15) is 12.8 Å². The zero-order chi connectivity index (χ0) is 8.65. The van der Waals surface area contributed by atoms with Crippen LogP contribution in [0.3, 0.4) is 0 Å². The fraction of sp³-hybridized carbons (Fsp3) is 0.667. The van der Waals surface area contributed by atoms with Crippen molar-refractivity contribution < 1.29 is 4.79 Å². The van der Waals surface area contributed by atoms with E-state index in [-0.39, 0.29) is 0 Å². The van der Waals surface area contributed by atoms with Crippen molar-refractivity contribution in [2.45, 2.75) is 12.8 Å². The number of allylic oxidation sites excluding steroid dienone is 1. The molecule has 1 saturated heterocycles. The minimum Gasteiger partial charge on any atom is -0.211 e. The highest BCUT2D eigenvalue weighted by Gasteiger charge is 2.09. The average Bonchev–Trinajstić information content (AvgIpc) is 2.14. The van der Waals surface area contributed by atoms with Gasteiger partial charge in [-0.25, -0.2) is 9.79 Å². The molecule has 66 valence electrons. The highest BCUT2D eigenvalue weighted by Crippen LogP contribution is 2.23. The Morgan fingerprint density at radius 2 is 2.58 bits per heavy atom. The van der Waals surface area contributed by atoms with Gasteiger partial charge in [-0.15, -0.1) is 0 Å². The Morgan fingerprint density at radius 3 is 3.25 bits per heavy atom. The maximum atomic E-state index is 9.73. The molecule has 2 nitrogen and oxygen atoms in total. The summed E-state index contributed by atoms with van der Waals surface area (Å²) in [4.78, 5) is 13.2. The SMILES string of the molecule is O=C=NC/C=C\C1CCCSC1. The first-order valence-electron chi connectivity index (χ1n) is 4.21. The van der Waals surface area contributed by atoms with Gasteiger partial charge in [0, 0.05) is 0 Å². The van der Waals surface area contributed by atoms with Gasteiger partial charge in [0.15, 0.2) is 0 Å². The predicted octanol–water partition coefficient (Wildman–Crippen LogP) is 2.02. The third kappa shape index (κ3) is 3.74. The number of rotatable bonds is 3. The van der Waals surface area contributed by atoms with Crippen molar-refractivity contribution >= 4 is 17.8 Å². The molecule has 0 aliphatic carbocycles. The second-order valence-corrected chi connectivity index (χ2v) is 3.99. The highest BCUT2D eigenvalue weighted by atomic mass is 32.2. The van der Waals surface area contributed by atoms with E-state index in [1.807, 2.05) is 17.8 Å². The van der Waals surface area contributed by atoms with Crippen LogP contribution in [0, 0.1) is 5.92 Å². The molecule has 1 aliphatic heterocycles. The van der Waals surface area contributed by atoms with Gasteiger partial charge in [-0.05, 0) is 30.3 Å². The van der Waals surface area contributed by atoms with Crippen LogP contribution in [0.25, 0.3) is 0 Å². The van der Waals surface area contributed by atoms with Crippen LogP contribution in [0.5, 0.6) is 0 Å². The Hall–Kier alpha value is -0.530. The summed E-state index contributed by atoms with van der Waals surface area (Å²) in [5, 5.41) is 0. The molecule has 0 spiro atoms. The average molecular weight is 183 g/mol. The van der Waals surface area contributed by atoms with E-state index >= 15 is 0 Å². The van der Waals surface area contributed by atoms with Crippen LogP contribution >= 0.6 is 11.8 Å². The van der Waals surface area contributed by atoms with Gasteiger partial charge in [0.2, 0.25) is 6.08 Å². The van der Waals surface area contributed by atoms with Crippen molar-refractivity contribution in [3.8, 4) is 0 Å². The lowest BCUT2D eigenvalue weighted by Gasteiger charge is -2.17. The molecule has 1 rings (SSSR count). The lowest BCUT2D eigenvalue weighted by atomic mass is 10.1. The Balaban J connectivity index is 2.19. The van der Waals surface area contributed by atoms with E-state index in [1.54, 1.807) is 0 Å². The van der Waals surface area contributed by atoms with Gasteiger partial charge in [0.05, 0.1) is 6.54 Å². The molecule has 12 heavy (non-hydrogen) atoms. The zero-order valence-electron chi connectivity index (χ0n) is 7.03. The third-order valence-electron chi connectivity index (χ3n) is 1.87. The minimum atomic E-state index is 0.491. The summed E-state index contributed by atoms with van der Waals surface area (Å²) < 4.78 is 0. The minimum absolute atomic E-state index is 0.491. The molecule has 3 heteroatoms. The van der Waals surface area contributed by atoms with Crippen LogP contribution in [-0.4, -0.2) is 24.1 Å². The lowest BCUT2D eigenvalue weighted by Crippen LogP contribution is -2.07. The van der Waals surface area contributed by atoms with Crippen LogP contribution < -0.4 is 0 Å². The monoisotopic (exact) mass is 183 g/mol. The standard InChI is InChI=1S/C9H13NOS/c11-8-10-5-1-3-9-4-2-6-12-7-9/h1,3,9H,2,4-7H2/b3-1-. The Kier molecular flexibility index (Phi) is 4.81. The van der Waals surface area contributed by atoms with Crippen molar-refractivity contribution in [1.82, 2.24) is 0 Å². The van der Waals surface area contributed by atoms with E-state index in [2.05, 4.69) is 11.1 Å². The number of hydrogen-bond acceptors (Lipinski definition) is 3. The Bertz CT molecular complexity index is 191. The lowest BCUT2D eigenvalue weighted by molar-refractivity contribution is 0.563. The molecule has 1 unspecified atom stereocenters. The first-order valence-corrected chi connectivity index (χ1v) is 5.37. The molecule has 0 N–H and O–H groups in total. The van der Waals surface area contributed by atoms with Gasteiger partial charge in [-0.2, -0.15) is 11.8 Å². The molecule has 0 aromatic carbocycles. The topological polar surface area (TPSA) is 29.4 Å².